The van der Waals surface area contributed by atoms with E-state index in [9.17, 15) is 0 Å². The molecule has 1 aliphatic heterocycles. The lowest BCUT2D eigenvalue weighted by molar-refractivity contribution is 0.638. The third-order valence-corrected chi connectivity index (χ3v) is 3.96. The van der Waals surface area contributed by atoms with Crippen LogP contribution in [0.3, 0.4) is 0 Å². The first-order valence-corrected chi connectivity index (χ1v) is 7.34. The van der Waals surface area contributed by atoms with E-state index in [1.54, 1.807) is 0 Å². The highest BCUT2D eigenvalue weighted by molar-refractivity contribution is 5.54. The average Bonchev–Trinajstić information content (AvgIpc) is 3.12. The molecule has 4 nitrogen and oxygen atoms in total. The molecule has 0 aliphatic carbocycles. The number of benzene rings is 1. The molecule has 0 amide bonds. The molecule has 1 N–H and O–H groups in total. The van der Waals surface area contributed by atoms with E-state index in [-0.39, 0.29) is 0 Å². The van der Waals surface area contributed by atoms with Crippen LogP contribution in [-0.2, 0) is 20.1 Å². The van der Waals surface area contributed by atoms with Crippen molar-refractivity contribution in [1.82, 2.24) is 14.9 Å². The highest BCUT2D eigenvalue weighted by Crippen LogP contribution is 2.24. The Morgan fingerprint density at radius 2 is 1.95 bits per heavy atom. The lowest BCUT2D eigenvalue weighted by Gasteiger charge is -2.21. The maximum absolute atomic E-state index is 4.34. The van der Waals surface area contributed by atoms with Gasteiger partial charge in [0.15, 0.2) is 0 Å². The Labute approximate surface area is 120 Å². The molecule has 3 rings (SSSR count). The molecule has 0 bridgehead atoms. The molecular formula is C16H22N4. The number of nitrogens with one attached hydrogen (secondary N) is 1. The van der Waals surface area contributed by atoms with Crippen molar-refractivity contribution in [2.75, 3.05) is 18.0 Å². The first-order valence-electron chi connectivity index (χ1n) is 7.34. The Bertz CT molecular complexity index is 555. The summed E-state index contributed by atoms with van der Waals surface area (Å²) in [6.07, 6.45) is 6.45. The van der Waals surface area contributed by atoms with Crippen molar-refractivity contribution in [2.24, 2.45) is 7.05 Å². The predicted octanol–water partition coefficient (Wildman–Crippen LogP) is 2.31. The minimum absolute atomic E-state index is 0.803. The normalized spacial score (nSPS) is 14.9. The van der Waals surface area contributed by atoms with E-state index in [2.05, 4.69) is 44.0 Å². The van der Waals surface area contributed by atoms with E-state index in [4.69, 9.17) is 0 Å². The molecule has 1 fully saturated rings. The van der Waals surface area contributed by atoms with Crippen LogP contribution < -0.4 is 10.2 Å². The van der Waals surface area contributed by atoms with E-state index in [0.717, 1.165) is 18.9 Å². The van der Waals surface area contributed by atoms with Gasteiger partial charge in [-0.3, -0.25) is 0 Å². The summed E-state index contributed by atoms with van der Waals surface area (Å²) in [6, 6.07) is 8.72. The van der Waals surface area contributed by atoms with Crippen molar-refractivity contribution in [2.45, 2.75) is 25.9 Å². The molecule has 0 radical (unpaired) electrons. The molecule has 4 heteroatoms. The second-order valence-electron chi connectivity index (χ2n) is 5.38. The molecule has 2 aromatic rings. The zero-order valence-corrected chi connectivity index (χ0v) is 12.0. The van der Waals surface area contributed by atoms with Crippen LogP contribution in [0.15, 0.2) is 36.7 Å². The Morgan fingerprint density at radius 1 is 1.15 bits per heavy atom. The molecule has 0 unspecified atom stereocenters. The Balaban J connectivity index is 1.63. The Kier molecular flexibility index (Phi) is 4.02. The van der Waals surface area contributed by atoms with Gasteiger partial charge in [-0.25, -0.2) is 4.98 Å². The predicted molar refractivity (Wildman–Crippen MR) is 81.6 cm³/mol. The minimum atomic E-state index is 0.803. The maximum atomic E-state index is 4.34. The molecule has 1 aliphatic rings. The number of anilines is 1. The van der Waals surface area contributed by atoms with Gasteiger partial charge in [0.2, 0.25) is 0 Å². The summed E-state index contributed by atoms with van der Waals surface area (Å²) in [5.41, 5.74) is 2.76. The number of rotatable bonds is 5. The first kappa shape index (κ1) is 13.2. The van der Waals surface area contributed by atoms with Crippen molar-refractivity contribution in [1.29, 1.82) is 0 Å². The summed E-state index contributed by atoms with van der Waals surface area (Å²) in [6.45, 7) is 4.07. The first-order chi connectivity index (χ1) is 9.84. The van der Waals surface area contributed by atoms with Crippen LogP contribution in [-0.4, -0.2) is 22.6 Å². The van der Waals surface area contributed by atoms with Crippen LogP contribution >= 0.6 is 0 Å². The third-order valence-electron chi connectivity index (χ3n) is 3.96. The zero-order chi connectivity index (χ0) is 13.8. The number of imidazole rings is 1. The molecule has 106 valence electrons. The number of hydrogen-bond donors (Lipinski definition) is 1. The number of aryl methyl sites for hydroxylation is 1. The fraction of sp³-hybridized carbons (Fsp3) is 0.438. The quantitative estimate of drug-likeness (QED) is 0.905. The van der Waals surface area contributed by atoms with Crippen molar-refractivity contribution in [3.05, 3.63) is 48.0 Å². The van der Waals surface area contributed by atoms with Gasteiger partial charge >= 0.3 is 0 Å². The lowest BCUT2D eigenvalue weighted by atomic mass is 10.1. The van der Waals surface area contributed by atoms with Gasteiger partial charge in [0, 0.05) is 44.8 Å². The SMILES string of the molecule is Cn1ccnc1CNCc1ccccc1N1CCCC1. The summed E-state index contributed by atoms with van der Waals surface area (Å²) in [5.74, 6) is 1.07. The summed E-state index contributed by atoms with van der Waals surface area (Å²) >= 11 is 0. The monoisotopic (exact) mass is 270 g/mol. The Hall–Kier alpha value is -1.81. The smallest absolute Gasteiger partial charge is 0.122 e. The molecule has 20 heavy (non-hydrogen) atoms. The molecular weight excluding hydrogens is 248 g/mol. The van der Waals surface area contributed by atoms with Gasteiger partial charge < -0.3 is 14.8 Å². The minimum Gasteiger partial charge on any atom is -0.371 e. The molecule has 1 saturated heterocycles. The molecule has 1 aromatic heterocycles. The van der Waals surface area contributed by atoms with Crippen molar-refractivity contribution in [3.8, 4) is 0 Å². The number of para-hydroxylation sites is 1. The van der Waals surface area contributed by atoms with Gasteiger partial charge in [-0.05, 0) is 24.5 Å². The Morgan fingerprint density at radius 3 is 2.70 bits per heavy atom. The van der Waals surface area contributed by atoms with E-state index < -0.39 is 0 Å². The highest BCUT2D eigenvalue weighted by Gasteiger charge is 2.14. The fourth-order valence-corrected chi connectivity index (χ4v) is 2.80. The molecule has 0 saturated carbocycles. The van der Waals surface area contributed by atoms with Gasteiger partial charge in [-0.2, -0.15) is 0 Å². The van der Waals surface area contributed by atoms with Gasteiger partial charge in [-0.15, -0.1) is 0 Å². The van der Waals surface area contributed by atoms with Crippen LogP contribution in [0, 0.1) is 0 Å². The summed E-state index contributed by atoms with van der Waals surface area (Å²) in [7, 11) is 2.03. The largest absolute Gasteiger partial charge is 0.371 e. The summed E-state index contributed by atoms with van der Waals surface area (Å²) in [5, 5.41) is 3.50. The zero-order valence-electron chi connectivity index (χ0n) is 12.0. The second kappa shape index (κ2) is 6.09. The van der Waals surface area contributed by atoms with E-state index in [1.807, 2.05) is 19.4 Å². The van der Waals surface area contributed by atoms with E-state index >= 15 is 0 Å². The van der Waals surface area contributed by atoms with Crippen LogP contribution in [0.1, 0.15) is 24.2 Å². The van der Waals surface area contributed by atoms with Crippen LogP contribution in [0.4, 0.5) is 5.69 Å². The van der Waals surface area contributed by atoms with Gasteiger partial charge in [0.25, 0.3) is 0 Å². The number of nitrogens with zero attached hydrogens (tertiary/aromatic N) is 3. The third kappa shape index (κ3) is 2.85. The lowest BCUT2D eigenvalue weighted by Crippen LogP contribution is -2.22. The summed E-state index contributed by atoms with van der Waals surface area (Å²) < 4.78 is 2.05. The van der Waals surface area contributed by atoms with Gasteiger partial charge in [0.1, 0.15) is 5.82 Å². The van der Waals surface area contributed by atoms with Crippen molar-refractivity contribution in [3.63, 3.8) is 0 Å². The van der Waals surface area contributed by atoms with E-state index in [0.29, 0.717) is 0 Å². The molecule has 1 aromatic carbocycles. The second-order valence-corrected chi connectivity index (χ2v) is 5.38. The van der Waals surface area contributed by atoms with Crippen LogP contribution in [0.5, 0.6) is 0 Å². The summed E-state index contributed by atoms with van der Waals surface area (Å²) in [4.78, 5) is 6.83. The average molecular weight is 270 g/mol. The van der Waals surface area contributed by atoms with Crippen molar-refractivity contribution >= 4 is 5.69 Å². The maximum Gasteiger partial charge on any atom is 0.122 e. The van der Waals surface area contributed by atoms with Crippen molar-refractivity contribution < 1.29 is 0 Å². The topological polar surface area (TPSA) is 33.1 Å². The number of aromatic nitrogens is 2. The molecule has 0 atom stereocenters. The standard InChI is InChI=1S/C16H22N4/c1-19-11-8-18-16(19)13-17-12-14-6-2-3-7-15(14)20-9-4-5-10-20/h2-3,6-8,11,17H,4-5,9-10,12-13H2,1H3. The fourth-order valence-electron chi connectivity index (χ4n) is 2.80. The van der Waals surface area contributed by atoms with Crippen LogP contribution in [0.2, 0.25) is 0 Å². The molecule has 2 heterocycles. The molecule has 0 spiro atoms. The van der Waals surface area contributed by atoms with E-state index in [1.165, 1.54) is 37.2 Å². The highest BCUT2D eigenvalue weighted by atomic mass is 15.1. The van der Waals surface area contributed by atoms with Gasteiger partial charge in [0.05, 0.1) is 6.54 Å². The number of hydrogen-bond acceptors (Lipinski definition) is 3. The van der Waals surface area contributed by atoms with Gasteiger partial charge in [-0.1, -0.05) is 18.2 Å². The van der Waals surface area contributed by atoms with Crippen LogP contribution in [0.25, 0.3) is 0 Å².